The van der Waals surface area contributed by atoms with Gasteiger partial charge in [0.05, 0.1) is 17.5 Å². The molecule has 0 aliphatic carbocycles. The Morgan fingerprint density at radius 3 is 2.54 bits per heavy atom. The second kappa shape index (κ2) is 8.73. The molecule has 0 aromatic heterocycles. The van der Waals surface area contributed by atoms with Crippen molar-refractivity contribution in [2.45, 2.75) is 50.0 Å². The average molecular weight is 421 g/mol. The monoisotopic (exact) mass is 420 g/mol. The number of benzene rings is 1. The quantitative estimate of drug-likeness (QED) is 0.596. The standard InChI is InChI=1S/C16H25BrN2O4S/c1-11(2)9-13(10-18-15-7-8-23-16(15)20)19-24(21,22)14-5-3-12(17)4-6-14/h3-6,11,13,15-16,18-20H,7-10H2,1-2H3/t13-,15+,16?/m1/s1. The summed E-state index contributed by atoms with van der Waals surface area (Å²) in [7, 11) is -3.59. The van der Waals surface area contributed by atoms with Crippen LogP contribution in [0.4, 0.5) is 0 Å². The number of hydrogen-bond acceptors (Lipinski definition) is 5. The van der Waals surface area contributed by atoms with Gasteiger partial charge in [0.1, 0.15) is 0 Å². The summed E-state index contributed by atoms with van der Waals surface area (Å²) in [6.07, 6.45) is 0.592. The lowest BCUT2D eigenvalue weighted by Gasteiger charge is -2.24. The first-order valence-corrected chi connectivity index (χ1v) is 10.4. The van der Waals surface area contributed by atoms with E-state index in [1.54, 1.807) is 24.3 Å². The number of sulfonamides is 1. The lowest BCUT2D eigenvalue weighted by molar-refractivity contribution is -0.0718. The topological polar surface area (TPSA) is 87.7 Å². The van der Waals surface area contributed by atoms with Crippen LogP contribution < -0.4 is 10.0 Å². The van der Waals surface area contributed by atoms with Crippen molar-refractivity contribution < 1.29 is 18.3 Å². The van der Waals surface area contributed by atoms with Crippen LogP contribution in [0.3, 0.4) is 0 Å². The molecule has 0 bridgehead atoms. The third kappa shape index (κ3) is 5.79. The summed E-state index contributed by atoms with van der Waals surface area (Å²) < 4.78 is 33.8. The van der Waals surface area contributed by atoms with Gasteiger partial charge in [-0.15, -0.1) is 0 Å². The van der Waals surface area contributed by atoms with Crippen molar-refractivity contribution in [3.63, 3.8) is 0 Å². The van der Waals surface area contributed by atoms with Crippen molar-refractivity contribution in [2.24, 2.45) is 5.92 Å². The Hall–Kier alpha value is -0.510. The Morgan fingerprint density at radius 1 is 1.33 bits per heavy atom. The summed E-state index contributed by atoms with van der Waals surface area (Å²) in [5, 5.41) is 12.9. The molecular formula is C16H25BrN2O4S. The molecule has 8 heteroatoms. The van der Waals surface area contributed by atoms with Gasteiger partial charge in [0.15, 0.2) is 6.29 Å². The summed E-state index contributed by atoms with van der Waals surface area (Å²) in [5.74, 6) is 0.342. The van der Waals surface area contributed by atoms with Crippen LogP contribution in [0.1, 0.15) is 26.7 Å². The highest BCUT2D eigenvalue weighted by molar-refractivity contribution is 9.10. The van der Waals surface area contributed by atoms with E-state index >= 15 is 0 Å². The fourth-order valence-corrected chi connectivity index (χ4v) is 4.23. The molecule has 2 rings (SSSR count). The molecule has 3 atom stereocenters. The van der Waals surface area contributed by atoms with E-state index in [1.807, 2.05) is 0 Å². The zero-order valence-corrected chi connectivity index (χ0v) is 16.3. The van der Waals surface area contributed by atoms with Gasteiger partial charge in [0.2, 0.25) is 10.0 Å². The summed E-state index contributed by atoms with van der Waals surface area (Å²) in [5.41, 5.74) is 0. The fourth-order valence-electron chi connectivity index (χ4n) is 2.71. The molecule has 1 saturated heterocycles. The van der Waals surface area contributed by atoms with Crippen molar-refractivity contribution in [3.8, 4) is 0 Å². The highest BCUT2D eigenvalue weighted by Crippen LogP contribution is 2.17. The summed E-state index contributed by atoms with van der Waals surface area (Å²) in [6.45, 7) is 5.06. The van der Waals surface area contributed by atoms with E-state index in [4.69, 9.17) is 4.74 Å². The maximum Gasteiger partial charge on any atom is 0.240 e. The first-order chi connectivity index (χ1) is 11.3. The van der Waals surface area contributed by atoms with Crippen molar-refractivity contribution in [1.82, 2.24) is 10.0 Å². The van der Waals surface area contributed by atoms with E-state index < -0.39 is 16.3 Å². The fraction of sp³-hybridized carbons (Fsp3) is 0.625. The van der Waals surface area contributed by atoms with Gasteiger partial charge in [-0.25, -0.2) is 13.1 Å². The van der Waals surface area contributed by atoms with E-state index in [0.717, 1.165) is 10.9 Å². The smallest absolute Gasteiger partial charge is 0.240 e. The molecule has 1 fully saturated rings. The lowest BCUT2D eigenvalue weighted by atomic mass is 10.0. The predicted octanol–water partition coefficient (Wildman–Crippen LogP) is 1.84. The molecule has 1 aliphatic heterocycles. The van der Waals surface area contributed by atoms with Crippen molar-refractivity contribution in [3.05, 3.63) is 28.7 Å². The second-order valence-electron chi connectivity index (χ2n) is 6.47. The molecule has 1 unspecified atom stereocenters. The predicted molar refractivity (Wildman–Crippen MR) is 96.1 cm³/mol. The molecule has 1 aliphatic rings. The molecule has 1 aromatic carbocycles. The van der Waals surface area contributed by atoms with E-state index in [-0.39, 0.29) is 17.0 Å². The number of halogens is 1. The van der Waals surface area contributed by atoms with Crippen molar-refractivity contribution in [2.75, 3.05) is 13.2 Å². The Kier molecular flexibility index (Phi) is 7.21. The van der Waals surface area contributed by atoms with Gasteiger partial charge >= 0.3 is 0 Å². The SMILES string of the molecule is CC(C)C[C@H](CN[C@H]1CCOC1O)NS(=O)(=O)c1ccc(Br)cc1. The first kappa shape index (κ1) is 19.8. The molecule has 0 radical (unpaired) electrons. The minimum Gasteiger partial charge on any atom is -0.367 e. The maximum absolute atomic E-state index is 12.6. The maximum atomic E-state index is 12.6. The Balaban J connectivity index is 2.02. The lowest BCUT2D eigenvalue weighted by Crippen LogP contribution is -2.47. The molecule has 1 heterocycles. The summed E-state index contributed by atoms with van der Waals surface area (Å²) in [4.78, 5) is 0.240. The van der Waals surface area contributed by atoms with Gasteiger partial charge in [0.25, 0.3) is 0 Å². The molecule has 0 amide bonds. The number of aliphatic hydroxyl groups is 1. The summed E-state index contributed by atoms with van der Waals surface area (Å²) in [6, 6.07) is 6.14. The molecule has 0 spiro atoms. The molecule has 0 saturated carbocycles. The van der Waals surface area contributed by atoms with E-state index in [0.29, 0.717) is 25.5 Å². The van der Waals surface area contributed by atoms with Crippen LogP contribution in [-0.4, -0.2) is 45.0 Å². The zero-order chi connectivity index (χ0) is 17.7. The van der Waals surface area contributed by atoms with Crippen LogP contribution in [0.25, 0.3) is 0 Å². The first-order valence-electron chi connectivity index (χ1n) is 8.09. The molecule has 6 nitrogen and oxygen atoms in total. The zero-order valence-electron chi connectivity index (χ0n) is 13.9. The normalized spacial score (nSPS) is 22.9. The van der Waals surface area contributed by atoms with Crippen molar-refractivity contribution in [1.29, 1.82) is 0 Å². The average Bonchev–Trinajstić information content (AvgIpc) is 2.89. The Labute approximate surface area is 152 Å². The third-order valence-corrected chi connectivity index (χ3v) is 5.95. The third-order valence-electron chi connectivity index (χ3n) is 3.89. The highest BCUT2D eigenvalue weighted by Gasteiger charge is 2.27. The Morgan fingerprint density at radius 2 is 2.00 bits per heavy atom. The van der Waals surface area contributed by atoms with Crippen LogP contribution in [-0.2, 0) is 14.8 Å². The van der Waals surface area contributed by atoms with Gasteiger partial charge in [-0.1, -0.05) is 29.8 Å². The molecular weight excluding hydrogens is 396 g/mol. The van der Waals surface area contributed by atoms with Gasteiger partial charge in [-0.05, 0) is 43.0 Å². The van der Waals surface area contributed by atoms with Gasteiger partial charge < -0.3 is 15.2 Å². The van der Waals surface area contributed by atoms with Crippen molar-refractivity contribution >= 4 is 26.0 Å². The van der Waals surface area contributed by atoms with Gasteiger partial charge in [-0.3, -0.25) is 0 Å². The number of nitrogens with one attached hydrogen (secondary N) is 2. The minimum absolute atomic E-state index is 0.156. The highest BCUT2D eigenvalue weighted by atomic mass is 79.9. The van der Waals surface area contributed by atoms with Crippen LogP contribution in [0, 0.1) is 5.92 Å². The molecule has 136 valence electrons. The van der Waals surface area contributed by atoms with E-state index in [1.165, 1.54) is 0 Å². The molecule has 24 heavy (non-hydrogen) atoms. The van der Waals surface area contributed by atoms with E-state index in [2.05, 4.69) is 39.8 Å². The van der Waals surface area contributed by atoms with Crippen LogP contribution >= 0.6 is 15.9 Å². The summed E-state index contributed by atoms with van der Waals surface area (Å²) >= 11 is 3.30. The minimum atomic E-state index is -3.59. The molecule has 3 N–H and O–H groups in total. The number of aliphatic hydroxyl groups excluding tert-OH is 1. The van der Waals surface area contributed by atoms with Crippen LogP contribution in [0.2, 0.25) is 0 Å². The number of ether oxygens (including phenoxy) is 1. The number of hydrogen-bond donors (Lipinski definition) is 3. The molecule has 1 aromatic rings. The number of rotatable bonds is 8. The van der Waals surface area contributed by atoms with Crippen LogP contribution in [0.15, 0.2) is 33.6 Å². The second-order valence-corrected chi connectivity index (χ2v) is 9.10. The largest absolute Gasteiger partial charge is 0.367 e. The van der Waals surface area contributed by atoms with Crippen LogP contribution in [0.5, 0.6) is 0 Å². The van der Waals surface area contributed by atoms with Gasteiger partial charge in [-0.2, -0.15) is 0 Å². The van der Waals surface area contributed by atoms with E-state index in [9.17, 15) is 13.5 Å². The van der Waals surface area contributed by atoms with Gasteiger partial charge in [0, 0.05) is 17.1 Å². The Bertz CT molecular complexity index is 621.